The van der Waals surface area contributed by atoms with Gasteiger partial charge in [0.2, 0.25) is 0 Å². The fourth-order valence-electron chi connectivity index (χ4n) is 5.05. The van der Waals surface area contributed by atoms with Crippen molar-refractivity contribution < 1.29 is 4.79 Å². The zero-order valence-corrected chi connectivity index (χ0v) is 18.0. The maximum atomic E-state index is 13.2. The molecule has 2 aliphatic heterocycles. The molecule has 2 aromatic rings. The number of carbonyl (C=O) groups excluding carboxylic acids is 1. The summed E-state index contributed by atoms with van der Waals surface area (Å²) in [7, 11) is 0. The van der Waals surface area contributed by atoms with Gasteiger partial charge in [-0.25, -0.2) is 0 Å². The van der Waals surface area contributed by atoms with Crippen molar-refractivity contribution in [2.24, 2.45) is 5.41 Å². The van der Waals surface area contributed by atoms with Gasteiger partial charge >= 0.3 is 0 Å². The maximum absolute atomic E-state index is 13.2. The number of nitrogens with one attached hydrogen (secondary N) is 1. The quantitative estimate of drug-likeness (QED) is 0.830. The van der Waals surface area contributed by atoms with Crippen molar-refractivity contribution >= 4 is 18.3 Å². The topological polar surface area (TPSA) is 37.3 Å². The molecule has 1 N–H and O–H groups in total. The number of hydrogen-bond donors (Lipinski definition) is 1. The second-order valence-corrected chi connectivity index (χ2v) is 8.46. The van der Waals surface area contributed by atoms with Gasteiger partial charge in [0.05, 0.1) is 11.6 Å². The number of piperidine rings is 1. The Morgan fingerprint density at radius 2 is 1.79 bits per heavy atom. The van der Waals surface area contributed by atoms with Crippen LogP contribution in [0.5, 0.6) is 0 Å². The number of carbonyl (C=O) groups is 1. The Labute approximate surface area is 174 Å². The number of amides is 1. The van der Waals surface area contributed by atoms with E-state index in [0.29, 0.717) is 5.41 Å². The molecule has 1 unspecified atom stereocenters. The number of aromatic nitrogens is 1. The molecule has 3 heterocycles. The highest BCUT2D eigenvalue weighted by Crippen LogP contribution is 2.37. The first-order valence-electron chi connectivity index (χ1n) is 10.2. The molecule has 2 fully saturated rings. The molecule has 0 aliphatic carbocycles. The summed E-state index contributed by atoms with van der Waals surface area (Å²) in [5.74, 6) is 0.204. The Balaban J connectivity index is 0.00000225. The highest BCUT2D eigenvalue weighted by atomic mass is 35.5. The summed E-state index contributed by atoms with van der Waals surface area (Å²) in [4.78, 5) is 15.3. The summed E-state index contributed by atoms with van der Waals surface area (Å²) in [6.07, 6.45) is 3.52. The van der Waals surface area contributed by atoms with E-state index in [2.05, 4.69) is 65.9 Å². The van der Waals surface area contributed by atoms with Crippen LogP contribution in [0.4, 0.5) is 0 Å². The highest BCUT2D eigenvalue weighted by molar-refractivity contribution is 5.95. The first-order valence-corrected chi connectivity index (χ1v) is 10.2. The summed E-state index contributed by atoms with van der Waals surface area (Å²) in [6, 6.07) is 12.8. The van der Waals surface area contributed by atoms with E-state index in [4.69, 9.17) is 0 Å². The Kier molecular flexibility index (Phi) is 6.21. The number of hydrogen-bond acceptors (Lipinski definition) is 2. The molecule has 5 heteroatoms. The number of benzene rings is 1. The fraction of sp³-hybridized carbons (Fsp3) is 0.522. The van der Waals surface area contributed by atoms with Crippen molar-refractivity contribution in [2.45, 2.75) is 46.1 Å². The van der Waals surface area contributed by atoms with E-state index >= 15 is 0 Å². The molecule has 4 nitrogen and oxygen atoms in total. The maximum Gasteiger partial charge on any atom is 0.255 e. The zero-order valence-electron chi connectivity index (χ0n) is 17.2. The molecule has 2 saturated heterocycles. The summed E-state index contributed by atoms with van der Waals surface area (Å²) < 4.78 is 2.30. The Bertz CT molecular complexity index is 814. The molecule has 28 heavy (non-hydrogen) atoms. The van der Waals surface area contributed by atoms with Crippen molar-refractivity contribution in [3.05, 3.63) is 58.9 Å². The molecule has 1 atom stereocenters. The van der Waals surface area contributed by atoms with Gasteiger partial charge in [-0.15, -0.1) is 12.4 Å². The number of aryl methyl sites for hydroxylation is 1. The fourth-order valence-corrected chi connectivity index (χ4v) is 5.05. The molecule has 1 amide bonds. The van der Waals surface area contributed by atoms with Gasteiger partial charge in [-0.3, -0.25) is 4.79 Å². The van der Waals surface area contributed by atoms with Crippen molar-refractivity contribution in [1.29, 1.82) is 0 Å². The zero-order chi connectivity index (χ0) is 19.0. The molecular weight excluding hydrogens is 370 g/mol. The standard InChI is InChI=1S/C23H31N3O.ClH/c1-17-15-21(19(3)26(17)18(2)20-7-5-4-6-8-20)22(27)25-13-10-23(11-14-25)9-12-24-16-23;/h4-8,15,18,24H,9-14,16H2,1-3H3;1H. The van der Waals surface area contributed by atoms with Crippen LogP contribution in [0.15, 0.2) is 36.4 Å². The predicted octanol–water partition coefficient (Wildman–Crippen LogP) is 4.35. The number of rotatable bonds is 3. The van der Waals surface area contributed by atoms with Crippen LogP contribution >= 0.6 is 12.4 Å². The van der Waals surface area contributed by atoms with Gasteiger partial charge in [0.25, 0.3) is 5.91 Å². The predicted molar refractivity (Wildman–Crippen MR) is 116 cm³/mol. The lowest BCUT2D eigenvalue weighted by Gasteiger charge is -2.38. The highest BCUT2D eigenvalue weighted by Gasteiger charge is 2.38. The monoisotopic (exact) mass is 401 g/mol. The lowest BCUT2D eigenvalue weighted by molar-refractivity contribution is 0.0607. The summed E-state index contributed by atoms with van der Waals surface area (Å²) in [5.41, 5.74) is 4.82. The van der Waals surface area contributed by atoms with Gasteiger partial charge in [-0.2, -0.15) is 0 Å². The lowest BCUT2D eigenvalue weighted by atomic mass is 9.78. The van der Waals surface area contributed by atoms with Crippen molar-refractivity contribution in [3.8, 4) is 0 Å². The molecular formula is C23H32ClN3O. The van der Waals surface area contributed by atoms with Crippen LogP contribution < -0.4 is 5.32 Å². The van der Waals surface area contributed by atoms with Crippen LogP contribution in [0.1, 0.15) is 59.5 Å². The lowest BCUT2D eigenvalue weighted by Crippen LogP contribution is -2.44. The first-order chi connectivity index (χ1) is 13.0. The molecule has 1 spiro atoms. The third kappa shape index (κ3) is 3.72. The van der Waals surface area contributed by atoms with E-state index in [9.17, 15) is 4.79 Å². The average molecular weight is 402 g/mol. The average Bonchev–Trinajstić information content (AvgIpc) is 3.26. The number of halogens is 1. The molecule has 1 aromatic heterocycles. The van der Waals surface area contributed by atoms with Crippen LogP contribution in [0.3, 0.4) is 0 Å². The Hall–Kier alpha value is -1.78. The van der Waals surface area contributed by atoms with E-state index in [1.165, 1.54) is 12.0 Å². The second-order valence-electron chi connectivity index (χ2n) is 8.46. The molecule has 4 rings (SSSR count). The number of likely N-dealkylation sites (tertiary alicyclic amines) is 1. The van der Waals surface area contributed by atoms with Gasteiger partial charge in [0.15, 0.2) is 0 Å². The summed E-state index contributed by atoms with van der Waals surface area (Å²) in [5, 5.41) is 3.50. The largest absolute Gasteiger partial charge is 0.341 e. The molecule has 1 aromatic carbocycles. The molecule has 0 radical (unpaired) electrons. The summed E-state index contributed by atoms with van der Waals surface area (Å²) >= 11 is 0. The minimum atomic E-state index is 0. The van der Waals surface area contributed by atoms with Crippen LogP contribution in [-0.4, -0.2) is 41.6 Å². The van der Waals surface area contributed by atoms with E-state index in [1.54, 1.807) is 0 Å². The molecule has 152 valence electrons. The minimum absolute atomic E-state index is 0. The van der Waals surface area contributed by atoms with Gasteiger partial charge in [-0.1, -0.05) is 30.3 Å². The van der Waals surface area contributed by atoms with Crippen LogP contribution in [-0.2, 0) is 0 Å². The Morgan fingerprint density at radius 3 is 2.39 bits per heavy atom. The van der Waals surface area contributed by atoms with E-state index in [1.807, 2.05) is 6.07 Å². The van der Waals surface area contributed by atoms with E-state index < -0.39 is 0 Å². The molecule has 0 bridgehead atoms. The van der Waals surface area contributed by atoms with Crippen molar-refractivity contribution in [1.82, 2.24) is 14.8 Å². The van der Waals surface area contributed by atoms with Gasteiger partial charge in [0, 0.05) is 31.0 Å². The van der Waals surface area contributed by atoms with Gasteiger partial charge < -0.3 is 14.8 Å². The smallest absolute Gasteiger partial charge is 0.255 e. The SMILES string of the molecule is Cc1cc(C(=O)N2CCC3(CCNC3)CC2)c(C)n1C(C)c1ccccc1.Cl. The van der Waals surface area contributed by atoms with Crippen LogP contribution in [0.25, 0.3) is 0 Å². The minimum Gasteiger partial charge on any atom is -0.341 e. The third-order valence-corrected chi connectivity index (χ3v) is 6.83. The molecule has 0 saturated carbocycles. The molecule has 2 aliphatic rings. The van der Waals surface area contributed by atoms with Gasteiger partial charge in [0.1, 0.15) is 0 Å². The first kappa shape index (κ1) is 20.9. The Morgan fingerprint density at radius 1 is 1.11 bits per heavy atom. The summed E-state index contributed by atoms with van der Waals surface area (Å²) in [6.45, 7) is 10.4. The third-order valence-electron chi connectivity index (χ3n) is 6.83. The van der Waals surface area contributed by atoms with E-state index in [0.717, 1.165) is 56.0 Å². The van der Waals surface area contributed by atoms with E-state index in [-0.39, 0.29) is 24.4 Å². The number of nitrogens with zero attached hydrogens (tertiary/aromatic N) is 2. The van der Waals surface area contributed by atoms with Crippen molar-refractivity contribution in [3.63, 3.8) is 0 Å². The van der Waals surface area contributed by atoms with Crippen LogP contribution in [0.2, 0.25) is 0 Å². The van der Waals surface area contributed by atoms with Crippen molar-refractivity contribution in [2.75, 3.05) is 26.2 Å². The van der Waals surface area contributed by atoms with Gasteiger partial charge in [-0.05, 0) is 63.6 Å². The second kappa shape index (κ2) is 8.30. The normalized spacial score (nSPS) is 19.5. The van der Waals surface area contributed by atoms with Crippen LogP contribution in [0, 0.1) is 19.3 Å².